The number of carboxylic acids is 1. The van der Waals surface area contributed by atoms with Crippen molar-refractivity contribution in [3.05, 3.63) is 0 Å². The molecule has 1 saturated heterocycles. The highest BCUT2D eigenvalue weighted by Crippen LogP contribution is 2.24. The molecule has 1 unspecified atom stereocenters. The van der Waals surface area contributed by atoms with Crippen LogP contribution in [0, 0.1) is 5.92 Å². The van der Waals surface area contributed by atoms with Gasteiger partial charge in [0.25, 0.3) is 0 Å². The molecule has 0 bridgehead atoms. The van der Waals surface area contributed by atoms with Gasteiger partial charge in [0, 0.05) is 18.5 Å². The summed E-state index contributed by atoms with van der Waals surface area (Å²) in [7, 11) is -2.99. The molecule has 20 heavy (non-hydrogen) atoms. The maximum Gasteiger partial charge on any atom is 0.305 e. The molecule has 0 aromatic rings. The Labute approximate surface area is 120 Å². The predicted molar refractivity (Wildman–Crippen MR) is 75.1 cm³/mol. The molecule has 0 radical (unpaired) electrons. The standard InChI is InChI=1S/C13H23NO5S/c1-13(2,3)14(6-4-12(16)17)11(15)8-10-5-7-20(18,19)9-10/h10H,4-9H2,1-3H3,(H,16,17). The second kappa shape index (κ2) is 6.11. The summed E-state index contributed by atoms with van der Waals surface area (Å²) in [6.45, 7) is 5.69. The summed E-state index contributed by atoms with van der Waals surface area (Å²) in [6.07, 6.45) is 0.590. The lowest BCUT2D eigenvalue weighted by atomic mass is 10.00. The molecule has 0 aromatic carbocycles. The van der Waals surface area contributed by atoms with Crippen LogP contribution in [0.25, 0.3) is 0 Å². The predicted octanol–water partition coefficient (Wildman–Crippen LogP) is 0.913. The largest absolute Gasteiger partial charge is 0.481 e. The lowest BCUT2D eigenvalue weighted by Gasteiger charge is -2.36. The molecule has 0 aromatic heterocycles. The van der Waals surface area contributed by atoms with E-state index < -0.39 is 21.3 Å². The number of nitrogens with zero attached hydrogens (tertiary/aromatic N) is 1. The topological polar surface area (TPSA) is 91.8 Å². The monoisotopic (exact) mass is 305 g/mol. The first-order valence-electron chi connectivity index (χ1n) is 6.74. The van der Waals surface area contributed by atoms with Crippen molar-refractivity contribution in [1.29, 1.82) is 0 Å². The molecular weight excluding hydrogens is 282 g/mol. The summed E-state index contributed by atoms with van der Waals surface area (Å²) in [5, 5.41) is 8.75. The van der Waals surface area contributed by atoms with Gasteiger partial charge in [-0.05, 0) is 33.1 Å². The number of carbonyl (C=O) groups is 2. The summed E-state index contributed by atoms with van der Waals surface area (Å²) in [5.41, 5.74) is -0.468. The van der Waals surface area contributed by atoms with Crippen molar-refractivity contribution in [3.63, 3.8) is 0 Å². The Morgan fingerprint density at radius 1 is 1.30 bits per heavy atom. The van der Waals surface area contributed by atoms with Crippen LogP contribution < -0.4 is 0 Å². The maximum absolute atomic E-state index is 12.3. The minimum atomic E-state index is -2.99. The minimum absolute atomic E-state index is 0.0651. The van der Waals surface area contributed by atoms with Gasteiger partial charge in [0.1, 0.15) is 0 Å². The van der Waals surface area contributed by atoms with Gasteiger partial charge in [0.2, 0.25) is 5.91 Å². The van der Waals surface area contributed by atoms with Crippen LogP contribution in [0.2, 0.25) is 0 Å². The Kier molecular flexibility index (Phi) is 5.18. The molecular formula is C13H23NO5S. The lowest BCUT2D eigenvalue weighted by molar-refractivity contribution is -0.141. The molecule has 1 amide bonds. The van der Waals surface area contributed by atoms with Crippen LogP contribution in [0.5, 0.6) is 0 Å². The van der Waals surface area contributed by atoms with Gasteiger partial charge in [-0.15, -0.1) is 0 Å². The van der Waals surface area contributed by atoms with E-state index in [1.165, 1.54) is 4.90 Å². The Morgan fingerprint density at radius 2 is 1.90 bits per heavy atom. The summed E-state index contributed by atoms with van der Waals surface area (Å²) in [4.78, 5) is 24.5. The fraction of sp³-hybridized carbons (Fsp3) is 0.846. The van der Waals surface area contributed by atoms with E-state index >= 15 is 0 Å². The van der Waals surface area contributed by atoms with Crippen molar-refractivity contribution in [3.8, 4) is 0 Å². The van der Waals surface area contributed by atoms with Gasteiger partial charge in [-0.3, -0.25) is 9.59 Å². The zero-order chi connectivity index (χ0) is 15.6. The van der Waals surface area contributed by atoms with Crippen LogP contribution in [-0.4, -0.2) is 53.9 Å². The summed E-state index contributed by atoms with van der Waals surface area (Å²) in [6, 6.07) is 0. The molecule has 1 atom stereocenters. The van der Waals surface area contributed by atoms with Crippen molar-refractivity contribution in [1.82, 2.24) is 4.90 Å². The number of aliphatic carboxylic acids is 1. The smallest absolute Gasteiger partial charge is 0.305 e. The van der Waals surface area contributed by atoms with E-state index in [0.717, 1.165) is 0 Å². The van der Waals surface area contributed by atoms with Gasteiger partial charge in [-0.2, -0.15) is 0 Å². The molecule has 1 heterocycles. The van der Waals surface area contributed by atoms with Crippen molar-refractivity contribution in [2.45, 2.75) is 45.6 Å². The van der Waals surface area contributed by atoms with E-state index in [4.69, 9.17) is 5.11 Å². The molecule has 0 aliphatic carbocycles. The third-order valence-electron chi connectivity index (χ3n) is 3.45. The Balaban J connectivity index is 2.67. The highest BCUT2D eigenvalue weighted by molar-refractivity contribution is 7.91. The molecule has 1 aliphatic heterocycles. The van der Waals surface area contributed by atoms with Crippen molar-refractivity contribution in [2.24, 2.45) is 5.92 Å². The second-order valence-corrected chi connectivity index (χ2v) is 8.56. The number of carbonyl (C=O) groups excluding carboxylic acids is 1. The SMILES string of the molecule is CC(C)(C)N(CCC(=O)O)C(=O)CC1CCS(=O)(=O)C1. The number of hydrogen-bond donors (Lipinski definition) is 1. The molecule has 116 valence electrons. The van der Waals surface area contributed by atoms with E-state index in [1.807, 2.05) is 20.8 Å². The van der Waals surface area contributed by atoms with Gasteiger partial charge in [0.15, 0.2) is 9.84 Å². The third-order valence-corrected chi connectivity index (χ3v) is 5.29. The summed E-state index contributed by atoms with van der Waals surface area (Å²) in [5.74, 6) is -1.04. The van der Waals surface area contributed by atoms with Crippen LogP contribution >= 0.6 is 0 Å². The zero-order valence-corrected chi connectivity index (χ0v) is 13.1. The quantitative estimate of drug-likeness (QED) is 0.815. The summed E-state index contributed by atoms with van der Waals surface area (Å²) < 4.78 is 22.8. The Morgan fingerprint density at radius 3 is 2.30 bits per heavy atom. The average molecular weight is 305 g/mol. The van der Waals surface area contributed by atoms with Crippen LogP contribution in [0.15, 0.2) is 0 Å². The first-order chi connectivity index (χ1) is 9.01. The van der Waals surface area contributed by atoms with Crippen molar-refractivity contribution >= 4 is 21.7 Å². The van der Waals surface area contributed by atoms with Crippen LogP contribution in [0.4, 0.5) is 0 Å². The first kappa shape index (κ1) is 16.9. The molecule has 1 aliphatic rings. The molecule has 6 nitrogen and oxygen atoms in total. The molecule has 0 spiro atoms. The number of sulfone groups is 1. The molecule has 0 saturated carbocycles. The van der Waals surface area contributed by atoms with Gasteiger partial charge < -0.3 is 10.0 Å². The van der Waals surface area contributed by atoms with Gasteiger partial charge in [-0.1, -0.05) is 0 Å². The fourth-order valence-electron chi connectivity index (χ4n) is 2.43. The normalized spacial score (nSPS) is 21.6. The molecule has 1 N–H and O–H groups in total. The maximum atomic E-state index is 12.3. The van der Waals surface area contributed by atoms with E-state index in [0.29, 0.717) is 6.42 Å². The first-order valence-corrected chi connectivity index (χ1v) is 8.56. The van der Waals surface area contributed by atoms with Gasteiger partial charge in [0.05, 0.1) is 17.9 Å². The van der Waals surface area contributed by atoms with Crippen molar-refractivity contribution < 1.29 is 23.1 Å². The zero-order valence-electron chi connectivity index (χ0n) is 12.3. The van der Waals surface area contributed by atoms with Gasteiger partial charge in [-0.25, -0.2) is 8.42 Å². The highest BCUT2D eigenvalue weighted by Gasteiger charge is 2.33. The minimum Gasteiger partial charge on any atom is -0.481 e. The third kappa shape index (κ3) is 5.11. The molecule has 7 heteroatoms. The number of carboxylic acid groups (broad SMARTS) is 1. The number of amides is 1. The van der Waals surface area contributed by atoms with E-state index in [2.05, 4.69) is 0 Å². The summed E-state index contributed by atoms with van der Waals surface area (Å²) >= 11 is 0. The second-order valence-electron chi connectivity index (χ2n) is 6.33. The van der Waals surface area contributed by atoms with Crippen LogP contribution in [-0.2, 0) is 19.4 Å². The Bertz CT molecular complexity index is 477. The number of rotatable bonds is 5. The fourth-order valence-corrected chi connectivity index (χ4v) is 4.29. The van der Waals surface area contributed by atoms with E-state index in [9.17, 15) is 18.0 Å². The van der Waals surface area contributed by atoms with Gasteiger partial charge >= 0.3 is 5.97 Å². The van der Waals surface area contributed by atoms with E-state index in [1.54, 1.807) is 0 Å². The van der Waals surface area contributed by atoms with Crippen LogP contribution in [0.1, 0.15) is 40.0 Å². The lowest BCUT2D eigenvalue weighted by Crippen LogP contribution is -2.47. The highest BCUT2D eigenvalue weighted by atomic mass is 32.2. The average Bonchev–Trinajstić information content (AvgIpc) is 2.55. The Hall–Kier alpha value is -1.11. The number of hydrogen-bond acceptors (Lipinski definition) is 4. The van der Waals surface area contributed by atoms with E-state index in [-0.39, 0.29) is 42.7 Å². The van der Waals surface area contributed by atoms with Crippen LogP contribution in [0.3, 0.4) is 0 Å². The molecule has 1 fully saturated rings. The van der Waals surface area contributed by atoms with Crippen molar-refractivity contribution in [2.75, 3.05) is 18.1 Å². The molecule has 1 rings (SSSR count).